The van der Waals surface area contributed by atoms with Crippen molar-refractivity contribution in [1.82, 2.24) is 24.5 Å². The van der Waals surface area contributed by atoms with Crippen LogP contribution in [0.15, 0.2) is 47.5 Å². The summed E-state index contributed by atoms with van der Waals surface area (Å²) in [5, 5.41) is 10.5. The highest BCUT2D eigenvalue weighted by atomic mass is 19.4. The molecule has 0 bridgehead atoms. The third-order valence-corrected chi connectivity index (χ3v) is 3.69. The molecule has 1 N–H and O–H groups in total. The van der Waals surface area contributed by atoms with Crippen LogP contribution in [-0.4, -0.2) is 31.6 Å². The molecule has 0 aromatic carbocycles. The molecule has 3 heterocycles. The smallest absolute Gasteiger partial charge is 0.354 e. The van der Waals surface area contributed by atoms with Crippen LogP contribution in [0.4, 0.5) is 13.2 Å². The fourth-order valence-electron chi connectivity index (χ4n) is 2.46. The summed E-state index contributed by atoms with van der Waals surface area (Å²) in [4.78, 5) is 23.7. The predicted octanol–water partition coefficient (Wildman–Crippen LogP) is 1.27. The molecule has 0 atom stereocenters. The van der Waals surface area contributed by atoms with Gasteiger partial charge >= 0.3 is 6.18 Å². The maximum atomic E-state index is 12.7. The van der Waals surface area contributed by atoms with Crippen LogP contribution in [0.2, 0.25) is 0 Å². The molecule has 0 saturated carbocycles. The first kappa shape index (κ1) is 17.6. The maximum absolute atomic E-state index is 12.7. The highest BCUT2D eigenvalue weighted by molar-refractivity contribution is 5.75. The summed E-state index contributed by atoms with van der Waals surface area (Å²) < 4.78 is 40.7. The largest absolute Gasteiger partial charge is 0.421 e. The van der Waals surface area contributed by atoms with Crippen molar-refractivity contribution in [3.05, 3.63) is 64.5 Å². The molecular formula is C16H14F3N5O2. The number of alkyl halides is 3. The molecule has 0 aliphatic heterocycles. The number of halogens is 3. The van der Waals surface area contributed by atoms with Gasteiger partial charge in [-0.05, 0) is 24.3 Å². The normalized spacial score (nSPS) is 11.7. The number of nitrogens with one attached hydrogen (secondary N) is 1. The summed E-state index contributed by atoms with van der Waals surface area (Å²) in [6.07, 6.45) is -1.45. The summed E-state index contributed by atoms with van der Waals surface area (Å²) in [5.41, 5.74) is -1.88. The summed E-state index contributed by atoms with van der Waals surface area (Å²) in [7, 11) is 0. The lowest BCUT2D eigenvalue weighted by Crippen LogP contribution is -2.35. The van der Waals surface area contributed by atoms with E-state index in [0.29, 0.717) is 24.0 Å². The van der Waals surface area contributed by atoms with Gasteiger partial charge in [-0.1, -0.05) is 6.07 Å². The third kappa shape index (κ3) is 3.73. The Hall–Kier alpha value is -3.17. The number of carbonyl (C=O) groups excluding carboxylic acids is 1. The van der Waals surface area contributed by atoms with Gasteiger partial charge in [0.1, 0.15) is 17.9 Å². The Labute approximate surface area is 145 Å². The fourth-order valence-corrected chi connectivity index (χ4v) is 2.46. The zero-order valence-corrected chi connectivity index (χ0v) is 13.4. The molecule has 0 aliphatic carbocycles. The second kappa shape index (κ2) is 6.98. The molecule has 0 aliphatic rings. The molecule has 26 heavy (non-hydrogen) atoms. The minimum Gasteiger partial charge on any atom is -0.354 e. The molecule has 1 amide bonds. The molecule has 10 heteroatoms. The Balaban J connectivity index is 1.61. The molecule has 0 unspecified atom stereocenters. The quantitative estimate of drug-likeness (QED) is 0.738. The number of aromatic nitrogens is 4. The Morgan fingerprint density at radius 1 is 1.12 bits per heavy atom. The number of hydrogen-bond donors (Lipinski definition) is 1. The third-order valence-electron chi connectivity index (χ3n) is 3.69. The topological polar surface area (TPSA) is 81.3 Å². The fraction of sp³-hybridized carbons (Fsp3) is 0.250. The lowest BCUT2D eigenvalue weighted by molar-refractivity contribution is -0.139. The molecule has 136 valence electrons. The summed E-state index contributed by atoms with van der Waals surface area (Å²) in [6.45, 7) is -0.286. The number of nitrogens with zero attached hydrogens (tertiary/aromatic N) is 4. The minimum atomic E-state index is -4.76. The van der Waals surface area contributed by atoms with E-state index in [1.165, 1.54) is 0 Å². The van der Waals surface area contributed by atoms with Crippen LogP contribution in [0.5, 0.6) is 0 Å². The van der Waals surface area contributed by atoms with Gasteiger partial charge in [0.15, 0.2) is 5.65 Å². The van der Waals surface area contributed by atoms with E-state index in [1.54, 1.807) is 16.7 Å². The number of rotatable bonds is 5. The van der Waals surface area contributed by atoms with Gasteiger partial charge in [-0.2, -0.15) is 13.2 Å². The average molecular weight is 365 g/mol. The highest BCUT2D eigenvalue weighted by Crippen LogP contribution is 2.25. The van der Waals surface area contributed by atoms with Crippen LogP contribution < -0.4 is 10.9 Å². The zero-order valence-electron chi connectivity index (χ0n) is 13.4. The molecule has 0 fully saturated rings. The van der Waals surface area contributed by atoms with Crippen LogP contribution in [0, 0.1) is 0 Å². The van der Waals surface area contributed by atoms with E-state index in [0.717, 1.165) is 16.8 Å². The molecule has 0 spiro atoms. The lowest BCUT2D eigenvalue weighted by atomic mass is 10.2. The van der Waals surface area contributed by atoms with Crippen LogP contribution in [0.3, 0.4) is 0 Å². The van der Waals surface area contributed by atoms with Crippen LogP contribution >= 0.6 is 0 Å². The zero-order chi connectivity index (χ0) is 18.7. The van der Waals surface area contributed by atoms with Crippen molar-refractivity contribution in [3.63, 3.8) is 0 Å². The summed E-state index contributed by atoms with van der Waals surface area (Å²) in [5.74, 6) is 0.0670. The van der Waals surface area contributed by atoms with Crippen LogP contribution in [-0.2, 0) is 23.9 Å². The van der Waals surface area contributed by atoms with Gasteiger partial charge in [0.2, 0.25) is 5.91 Å². The van der Waals surface area contributed by atoms with Crippen LogP contribution in [0.1, 0.15) is 11.4 Å². The van der Waals surface area contributed by atoms with Gasteiger partial charge < -0.3 is 9.88 Å². The molecule has 7 nitrogen and oxygen atoms in total. The second-order valence-corrected chi connectivity index (χ2v) is 5.50. The monoisotopic (exact) mass is 365 g/mol. The Kier molecular flexibility index (Phi) is 4.74. The van der Waals surface area contributed by atoms with E-state index in [2.05, 4.69) is 15.5 Å². The molecule has 0 radical (unpaired) electrons. The van der Waals surface area contributed by atoms with Crippen molar-refractivity contribution in [2.75, 3.05) is 6.54 Å². The predicted molar refractivity (Wildman–Crippen MR) is 85.4 cm³/mol. The van der Waals surface area contributed by atoms with Gasteiger partial charge in [0.05, 0.1) is 0 Å². The Morgan fingerprint density at radius 3 is 2.69 bits per heavy atom. The van der Waals surface area contributed by atoms with Crippen molar-refractivity contribution in [3.8, 4) is 0 Å². The van der Waals surface area contributed by atoms with Gasteiger partial charge in [0, 0.05) is 25.4 Å². The first-order valence-corrected chi connectivity index (χ1v) is 7.68. The van der Waals surface area contributed by atoms with Crippen molar-refractivity contribution in [1.29, 1.82) is 0 Å². The van der Waals surface area contributed by atoms with Gasteiger partial charge in [-0.3, -0.25) is 14.0 Å². The number of hydrogen-bond acceptors (Lipinski definition) is 4. The first-order valence-electron chi connectivity index (χ1n) is 7.68. The SMILES string of the molecule is O=C(Cn1cccc(C(F)(F)F)c1=O)NCCc1nnc2ccccn12. The van der Waals surface area contributed by atoms with E-state index in [-0.39, 0.29) is 6.54 Å². The van der Waals surface area contributed by atoms with E-state index in [9.17, 15) is 22.8 Å². The van der Waals surface area contributed by atoms with Gasteiger partial charge in [-0.25, -0.2) is 0 Å². The van der Waals surface area contributed by atoms with Crippen molar-refractivity contribution < 1.29 is 18.0 Å². The number of carbonyl (C=O) groups is 1. The van der Waals surface area contributed by atoms with Crippen LogP contribution in [0.25, 0.3) is 5.65 Å². The number of amides is 1. The summed E-state index contributed by atoms with van der Waals surface area (Å²) >= 11 is 0. The Morgan fingerprint density at radius 2 is 1.92 bits per heavy atom. The van der Waals surface area contributed by atoms with Crippen molar-refractivity contribution in [2.24, 2.45) is 0 Å². The molecule has 3 rings (SSSR count). The van der Waals surface area contributed by atoms with E-state index in [4.69, 9.17) is 0 Å². The lowest BCUT2D eigenvalue weighted by Gasteiger charge is -2.10. The van der Waals surface area contributed by atoms with Gasteiger partial charge in [0.25, 0.3) is 5.56 Å². The highest BCUT2D eigenvalue weighted by Gasteiger charge is 2.34. The van der Waals surface area contributed by atoms with Crippen molar-refractivity contribution >= 4 is 11.6 Å². The Bertz CT molecular complexity index is 993. The molecule has 0 saturated heterocycles. The average Bonchev–Trinajstić information content (AvgIpc) is 2.99. The molecular weight excluding hydrogens is 351 g/mol. The standard InChI is InChI=1S/C16H14F3N5O2/c17-16(18,19)11-4-3-8-23(15(11)26)10-14(25)20-7-6-13-22-21-12-5-1-2-9-24(12)13/h1-5,8-9H,6-7,10H2,(H,20,25). The minimum absolute atomic E-state index is 0.211. The first-order chi connectivity index (χ1) is 12.4. The number of fused-ring (bicyclic) bond motifs is 1. The molecule has 3 aromatic heterocycles. The van der Waals surface area contributed by atoms with E-state index >= 15 is 0 Å². The maximum Gasteiger partial charge on any atom is 0.421 e. The van der Waals surface area contributed by atoms with E-state index < -0.39 is 29.8 Å². The van der Waals surface area contributed by atoms with Crippen molar-refractivity contribution in [2.45, 2.75) is 19.1 Å². The van der Waals surface area contributed by atoms with E-state index in [1.807, 2.05) is 12.1 Å². The summed E-state index contributed by atoms with van der Waals surface area (Å²) in [6, 6.07) is 7.20. The van der Waals surface area contributed by atoms with Gasteiger partial charge in [-0.15, -0.1) is 10.2 Å². The molecule has 3 aromatic rings. The second-order valence-electron chi connectivity index (χ2n) is 5.50. The number of pyridine rings is 2.